The fraction of sp³-hybridized carbons (Fsp3) is 0.333. The Morgan fingerprint density at radius 3 is 2.38 bits per heavy atom. The molecule has 2 rings (SSSR count). The van der Waals surface area contributed by atoms with Crippen molar-refractivity contribution in [1.29, 1.82) is 0 Å². The number of hydrogen-bond acceptors (Lipinski definition) is 6. The van der Waals surface area contributed by atoms with E-state index in [0.717, 1.165) is 0 Å². The molecule has 8 nitrogen and oxygen atoms in total. The molecule has 1 aromatic heterocycles. The molecule has 0 spiro atoms. The summed E-state index contributed by atoms with van der Waals surface area (Å²) in [7, 11) is -3.63. The first-order chi connectivity index (χ1) is 12.1. The first kappa shape index (κ1) is 20.5. The highest BCUT2D eigenvalue weighted by molar-refractivity contribution is 7.89. The van der Waals surface area contributed by atoms with E-state index < -0.39 is 10.0 Å². The zero-order valence-electron chi connectivity index (χ0n) is 14.0. The molecular formula is C15H17Cl2N3O5S. The molecule has 0 fully saturated rings. The molecule has 1 heterocycles. The van der Waals surface area contributed by atoms with E-state index in [1.165, 1.54) is 18.2 Å². The Balaban J connectivity index is 2.21. The summed E-state index contributed by atoms with van der Waals surface area (Å²) in [5.74, 6) is 0.138. The molecule has 0 bridgehead atoms. The van der Waals surface area contributed by atoms with Crippen LogP contribution in [0.4, 0.5) is 0 Å². The molecule has 11 heteroatoms. The molecule has 0 aliphatic rings. The minimum atomic E-state index is -3.63. The molecule has 0 amide bonds. The molecule has 0 saturated heterocycles. The third-order valence-electron chi connectivity index (χ3n) is 3.25. The van der Waals surface area contributed by atoms with Crippen LogP contribution in [0.1, 0.15) is 25.3 Å². The van der Waals surface area contributed by atoms with Crippen molar-refractivity contribution in [1.82, 2.24) is 10.2 Å². The van der Waals surface area contributed by atoms with Gasteiger partial charge >= 0.3 is 0 Å². The predicted molar refractivity (Wildman–Crippen MR) is 99.0 cm³/mol. The molecule has 26 heavy (non-hydrogen) atoms. The molecule has 142 valence electrons. The summed E-state index contributed by atoms with van der Waals surface area (Å²) in [6.07, 6.45) is 0. The lowest BCUT2D eigenvalue weighted by Crippen LogP contribution is -2.21. The summed E-state index contributed by atoms with van der Waals surface area (Å²) in [4.78, 5) is 11.7. The maximum absolute atomic E-state index is 11.7. The third-order valence-corrected chi connectivity index (χ3v) is 4.54. The lowest BCUT2D eigenvalue weighted by Gasteiger charge is -2.12. The first-order valence-corrected chi connectivity index (χ1v) is 9.93. The van der Waals surface area contributed by atoms with Gasteiger partial charge in [0, 0.05) is 23.8 Å². The second-order valence-electron chi connectivity index (χ2n) is 5.68. The van der Waals surface area contributed by atoms with Gasteiger partial charge in [0.15, 0.2) is 5.75 Å². The van der Waals surface area contributed by atoms with Gasteiger partial charge < -0.3 is 9.47 Å². The summed E-state index contributed by atoms with van der Waals surface area (Å²) in [6, 6.07) is 4.34. The summed E-state index contributed by atoms with van der Waals surface area (Å²) in [5.41, 5.74) is 0.202. The topological polar surface area (TPSA) is 124 Å². The van der Waals surface area contributed by atoms with Crippen LogP contribution in [0.2, 0.25) is 10.0 Å². The van der Waals surface area contributed by atoms with E-state index in [1.807, 2.05) is 13.8 Å². The predicted octanol–water partition coefficient (Wildman–Crippen LogP) is 2.66. The Hall–Kier alpha value is -1.81. The number of nitrogens with zero attached hydrogens (tertiary/aromatic N) is 1. The number of nitrogens with two attached hydrogens (primary N) is 1. The van der Waals surface area contributed by atoms with E-state index in [1.54, 1.807) is 0 Å². The van der Waals surface area contributed by atoms with Crippen LogP contribution in [-0.2, 0) is 10.0 Å². The average molecular weight is 422 g/mol. The Labute approximate surface area is 160 Å². The highest BCUT2D eigenvalue weighted by atomic mass is 35.5. The van der Waals surface area contributed by atoms with Crippen LogP contribution in [-0.4, -0.2) is 31.0 Å². The summed E-state index contributed by atoms with van der Waals surface area (Å²) in [6.45, 7) is 3.58. The molecule has 0 aliphatic carbocycles. The Kier molecular flexibility index (Phi) is 6.51. The van der Waals surface area contributed by atoms with Crippen LogP contribution in [0.3, 0.4) is 0 Å². The zero-order valence-corrected chi connectivity index (χ0v) is 16.3. The van der Waals surface area contributed by atoms with Crippen molar-refractivity contribution in [2.75, 3.05) is 12.4 Å². The Morgan fingerprint density at radius 1 is 1.23 bits per heavy atom. The lowest BCUT2D eigenvalue weighted by atomic mass is 10.1. The number of ether oxygens (including phenoxy) is 2. The van der Waals surface area contributed by atoms with Gasteiger partial charge in [-0.2, -0.15) is 0 Å². The molecule has 0 atom stereocenters. The Bertz CT molecular complexity index is 937. The highest BCUT2D eigenvalue weighted by Crippen LogP contribution is 2.39. The summed E-state index contributed by atoms with van der Waals surface area (Å²) >= 11 is 12.3. The number of halogens is 2. The minimum Gasteiger partial charge on any atom is -0.492 e. The maximum atomic E-state index is 11.7. The van der Waals surface area contributed by atoms with Gasteiger partial charge in [0.2, 0.25) is 15.9 Å². The van der Waals surface area contributed by atoms with Crippen molar-refractivity contribution in [3.05, 3.63) is 44.2 Å². The number of primary sulfonamides is 1. The van der Waals surface area contributed by atoms with E-state index >= 15 is 0 Å². The van der Waals surface area contributed by atoms with Gasteiger partial charge in [-0.15, -0.1) is 5.10 Å². The van der Waals surface area contributed by atoms with Gasteiger partial charge in [-0.25, -0.2) is 18.7 Å². The summed E-state index contributed by atoms with van der Waals surface area (Å²) in [5, 5.41) is 11.3. The first-order valence-electron chi connectivity index (χ1n) is 7.46. The SMILES string of the molecule is CC(C)c1cc(Oc2c(Cl)cc(OCCS(N)(=O)=O)cc2Cl)n[nH]c1=O. The van der Waals surface area contributed by atoms with Crippen molar-refractivity contribution in [2.45, 2.75) is 19.8 Å². The van der Waals surface area contributed by atoms with Crippen LogP contribution in [0, 0.1) is 0 Å². The molecule has 0 radical (unpaired) electrons. The van der Waals surface area contributed by atoms with Gasteiger partial charge in [0.05, 0.1) is 15.8 Å². The number of aromatic amines is 1. The van der Waals surface area contributed by atoms with E-state index in [2.05, 4.69) is 10.2 Å². The third kappa shape index (κ3) is 5.60. The standard InChI is InChI=1S/C15H17Cl2N3O5S/c1-8(2)10-7-13(19-20-15(10)21)25-14-11(16)5-9(6-12(14)17)24-3-4-26(18,22)23/h5-8H,3-4H2,1-2H3,(H,20,21)(H2,18,22,23). The Morgan fingerprint density at radius 2 is 1.85 bits per heavy atom. The van der Waals surface area contributed by atoms with Gasteiger partial charge in [-0.05, 0) is 5.92 Å². The number of aromatic nitrogens is 2. The molecule has 0 aliphatic heterocycles. The monoisotopic (exact) mass is 421 g/mol. The number of hydrogen-bond donors (Lipinski definition) is 2. The molecular weight excluding hydrogens is 405 g/mol. The molecule has 0 saturated carbocycles. The van der Waals surface area contributed by atoms with Crippen molar-refractivity contribution >= 4 is 33.2 Å². The second-order valence-corrected chi connectivity index (χ2v) is 8.23. The fourth-order valence-corrected chi connectivity index (χ4v) is 2.84. The van der Waals surface area contributed by atoms with Gasteiger partial charge in [-0.1, -0.05) is 37.0 Å². The largest absolute Gasteiger partial charge is 0.492 e. The number of benzene rings is 1. The molecule has 2 aromatic rings. The van der Waals surface area contributed by atoms with Crippen LogP contribution < -0.4 is 20.2 Å². The highest BCUT2D eigenvalue weighted by Gasteiger charge is 2.15. The van der Waals surface area contributed by atoms with E-state index in [-0.39, 0.29) is 51.3 Å². The van der Waals surface area contributed by atoms with Crippen LogP contribution >= 0.6 is 23.2 Å². The summed E-state index contributed by atoms with van der Waals surface area (Å²) < 4.78 is 32.7. The average Bonchev–Trinajstić information content (AvgIpc) is 2.51. The van der Waals surface area contributed by atoms with Gasteiger partial charge in [-0.3, -0.25) is 4.79 Å². The van der Waals surface area contributed by atoms with Crippen molar-refractivity contribution in [3.8, 4) is 17.4 Å². The van der Waals surface area contributed by atoms with Crippen molar-refractivity contribution < 1.29 is 17.9 Å². The molecule has 1 aromatic carbocycles. The smallest absolute Gasteiger partial charge is 0.267 e. The van der Waals surface area contributed by atoms with E-state index in [0.29, 0.717) is 5.56 Å². The maximum Gasteiger partial charge on any atom is 0.267 e. The van der Waals surface area contributed by atoms with Gasteiger partial charge in [0.25, 0.3) is 5.56 Å². The van der Waals surface area contributed by atoms with Crippen molar-refractivity contribution in [3.63, 3.8) is 0 Å². The van der Waals surface area contributed by atoms with E-state index in [4.69, 9.17) is 37.8 Å². The van der Waals surface area contributed by atoms with Gasteiger partial charge in [0.1, 0.15) is 12.4 Å². The molecule has 0 unspecified atom stereocenters. The van der Waals surface area contributed by atoms with Crippen LogP contribution in [0.25, 0.3) is 0 Å². The molecule has 3 N–H and O–H groups in total. The zero-order chi connectivity index (χ0) is 19.5. The van der Waals surface area contributed by atoms with E-state index in [9.17, 15) is 13.2 Å². The van der Waals surface area contributed by atoms with Crippen LogP contribution in [0.5, 0.6) is 17.4 Å². The van der Waals surface area contributed by atoms with Crippen LogP contribution in [0.15, 0.2) is 23.0 Å². The lowest BCUT2D eigenvalue weighted by molar-refractivity contribution is 0.340. The number of sulfonamides is 1. The quantitative estimate of drug-likeness (QED) is 0.707. The van der Waals surface area contributed by atoms with Crippen molar-refractivity contribution in [2.24, 2.45) is 5.14 Å². The minimum absolute atomic E-state index is 0.0235. The number of nitrogens with one attached hydrogen (secondary N) is 1. The fourth-order valence-electron chi connectivity index (χ4n) is 1.98. The second kappa shape index (κ2) is 8.26. The number of rotatable bonds is 7. The normalized spacial score (nSPS) is 11.6. The number of H-pyrrole nitrogens is 1.